The van der Waals surface area contributed by atoms with Crippen molar-refractivity contribution in [2.45, 2.75) is 39.1 Å². The molecule has 0 aliphatic carbocycles. The van der Waals surface area contributed by atoms with E-state index in [1.165, 1.54) is 23.1 Å². The van der Waals surface area contributed by atoms with E-state index in [0.29, 0.717) is 38.9 Å². The summed E-state index contributed by atoms with van der Waals surface area (Å²) in [7, 11) is 0. The molecular weight excluding hydrogens is 496 g/mol. The van der Waals surface area contributed by atoms with Crippen LogP contribution in [0.2, 0.25) is 5.02 Å². The van der Waals surface area contributed by atoms with Gasteiger partial charge in [-0.25, -0.2) is 4.79 Å². The summed E-state index contributed by atoms with van der Waals surface area (Å²) in [5, 5.41) is 12.9. The van der Waals surface area contributed by atoms with Crippen LogP contribution >= 0.6 is 34.7 Å². The molecular formula is C23H25ClN4O4S2. The van der Waals surface area contributed by atoms with Crippen molar-refractivity contribution in [2.75, 3.05) is 17.7 Å². The molecule has 0 aliphatic rings. The maximum absolute atomic E-state index is 12.6. The van der Waals surface area contributed by atoms with Crippen molar-refractivity contribution in [3.63, 3.8) is 0 Å². The summed E-state index contributed by atoms with van der Waals surface area (Å²) in [6.07, 6.45) is 1.73. The number of thiophene rings is 1. The van der Waals surface area contributed by atoms with E-state index >= 15 is 0 Å². The molecule has 1 N–H and O–H groups in total. The number of rotatable bonds is 11. The molecule has 0 aliphatic heterocycles. The standard InChI is InChI=1S/C23H25ClN4O4S2/c1-5-9-28-19(12-32-16-7-8-18(24)14(3)10-16)26-27-23(28)33-13-20(29)25-21-17(11-15(4)34-21)22(30)31-6-2/h5,7-8,10-11H,1,6,9,12-13H2,2-4H3,(H,25,29). The lowest BCUT2D eigenvalue weighted by Gasteiger charge is -2.10. The first-order chi connectivity index (χ1) is 16.3. The van der Waals surface area contributed by atoms with Crippen LogP contribution in [0, 0.1) is 13.8 Å². The van der Waals surface area contributed by atoms with E-state index in [2.05, 4.69) is 22.1 Å². The van der Waals surface area contributed by atoms with Crippen LogP contribution in [0.3, 0.4) is 0 Å². The summed E-state index contributed by atoms with van der Waals surface area (Å²) >= 11 is 8.63. The van der Waals surface area contributed by atoms with Crippen molar-refractivity contribution in [3.8, 4) is 5.75 Å². The molecule has 8 nitrogen and oxygen atoms in total. The molecule has 0 atom stereocenters. The zero-order valence-corrected chi connectivity index (χ0v) is 21.5. The number of thioether (sulfide) groups is 1. The fourth-order valence-corrected chi connectivity index (χ4v) is 4.76. The van der Waals surface area contributed by atoms with E-state index in [9.17, 15) is 9.59 Å². The maximum atomic E-state index is 12.6. The lowest BCUT2D eigenvalue weighted by Crippen LogP contribution is -2.16. The second kappa shape index (κ2) is 12.0. The normalized spacial score (nSPS) is 10.7. The fourth-order valence-electron chi connectivity index (χ4n) is 2.96. The van der Waals surface area contributed by atoms with Crippen molar-refractivity contribution in [3.05, 3.63) is 63.8 Å². The van der Waals surface area contributed by atoms with Crippen LogP contribution in [0.25, 0.3) is 0 Å². The number of esters is 1. The second-order valence-electron chi connectivity index (χ2n) is 7.15. The summed E-state index contributed by atoms with van der Waals surface area (Å²) in [5.41, 5.74) is 1.27. The molecule has 0 radical (unpaired) electrons. The number of amides is 1. The Morgan fingerprint density at radius 3 is 2.79 bits per heavy atom. The number of aryl methyl sites for hydroxylation is 2. The van der Waals surface area contributed by atoms with Gasteiger partial charge in [-0.1, -0.05) is 29.4 Å². The van der Waals surface area contributed by atoms with Gasteiger partial charge >= 0.3 is 5.97 Å². The number of carbonyl (C=O) groups is 2. The summed E-state index contributed by atoms with van der Waals surface area (Å²) in [5.74, 6) is 0.647. The minimum absolute atomic E-state index is 0.0890. The predicted octanol–water partition coefficient (Wildman–Crippen LogP) is 5.28. The highest BCUT2D eigenvalue weighted by Crippen LogP contribution is 2.29. The number of hydrogen-bond donors (Lipinski definition) is 1. The molecule has 2 heterocycles. The molecule has 0 saturated heterocycles. The molecule has 11 heteroatoms. The first-order valence-electron chi connectivity index (χ1n) is 10.4. The molecule has 1 aromatic carbocycles. The van der Waals surface area contributed by atoms with Gasteiger partial charge in [0.25, 0.3) is 0 Å². The van der Waals surface area contributed by atoms with Gasteiger partial charge in [-0.3, -0.25) is 9.36 Å². The third-order valence-corrected chi connectivity index (χ3v) is 6.90. The average molecular weight is 521 g/mol. The number of carbonyl (C=O) groups excluding carboxylic acids is 2. The van der Waals surface area contributed by atoms with Crippen molar-refractivity contribution >= 4 is 51.6 Å². The molecule has 2 aromatic heterocycles. The zero-order valence-electron chi connectivity index (χ0n) is 19.1. The van der Waals surface area contributed by atoms with Crippen molar-refractivity contribution < 1.29 is 19.1 Å². The monoisotopic (exact) mass is 520 g/mol. The largest absolute Gasteiger partial charge is 0.486 e. The van der Waals surface area contributed by atoms with Crippen molar-refractivity contribution in [1.82, 2.24) is 14.8 Å². The van der Waals surface area contributed by atoms with Gasteiger partial charge in [0.1, 0.15) is 17.4 Å². The van der Waals surface area contributed by atoms with Crippen LogP contribution in [-0.2, 0) is 22.7 Å². The second-order valence-corrected chi connectivity index (χ2v) is 9.76. The summed E-state index contributed by atoms with van der Waals surface area (Å²) < 4.78 is 12.8. The number of aromatic nitrogens is 3. The minimum atomic E-state index is -0.457. The smallest absolute Gasteiger partial charge is 0.341 e. The van der Waals surface area contributed by atoms with Gasteiger partial charge in [0, 0.05) is 16.4 Å². The lowest BCUT2D eigenvalue weighted by atomic mass is 10.2. The van der Waals surface area contributed by atoms with Gasteiger partial charge < -0.3 is 14.8 Å². The molecule has 180 valence electrons. The van der Waals surface area contributed by atoms with E-state index in [0.717, 1.165) is 10.4 Å². The van der Waals surface area contributed by atoms with E-state index in [1.54, 1.807) is 31.2 Å². The number of ether oxygens (including phenoxy) is 2. The number of halogens is 1. The molecule has 1 amide bonds. The number of benzene rings is 1. The first-order valence-corrected chi connectivity index (χ1v) is 12.6. The number of anilines is 1. The first kappa shape index (κ1) is 25.8. The summed E-state index contributed by atoms with van der Waals surface area (Å²) in [4.78, 5) is 25.6. The Labute approximate surface area is 211 Å². The fraction of sp³-hybridized carbons (Fsp3) is 0.304. The van der Waals surface area contributed by atoms with Gasteiger partial charge in [0.05, 0.1) is 17.9 Å². The molecule has 0 fully saturated rings. The summed E-state index contributed by atoms with van der Waals surface area (Å²) in [6, 6.07) is 7.14. The van der Waals surface area contributed by atoms with E-state index in [4.69, 9.17) is 21.1 Å². The number of nitrogens with one attached hydrogen (secondary N) is 1. The van der Waals surface area contributed by atoms with Gasteiger partial charge in [0.2, 0.25) is 5.91 Å². The Balaban J connectivity index is 1.64. The molecule has 0 spiro atoms. The quantitative estimate of drug-likeness (QED) is 0.209. The highest BCUT2D eigenvalue weighted by Gasteiger charge is 2.19. The Morgan fingerprint density at radius 1 is 1.29 bits per heavy atom. The van der Waals surface area contributed by atoms with Crippen molar-refractivity contribution in [1.29, 1.82) is 0 Å². The third kappa shape index (κ3) is 6.62. The van der Waals surface area contributed by atoms with Gasteiger partial charge in [-0.2, -0.15) is 0 Å². The van der Waals surface area contributed by atoms with Crippen molar-refractivity contribution in [2.24, 2.45) is 0 Å². The molecule has 34 heavy (non-hydrogen) atoms. The van der Waals surface area contributed by atoms with Crippen LogP contribution in [-0.4, -0.2) is 39.0 Å². The van der Waals surface area contributed by atoms with E-state index < -0.39 is 5.97 Å². The van der Waals surface area contributed by atoms with Crippen LogP contribution in [0.1, 0.15) is 33.5 Å². The number of hydrogen-bond acceptors (Lipinski definition) is 8. The van der Waals surface area contributed by atoms with Crippen LogP contribution < -0.4 is 10.1 Å². The van der Waals surface area contributed by atoms with Crippen LogP contribution in [0.4, 0.5) is 5.00 Å². The Bertz CT molecular complexity index is 1190. The molecule has 0 unspecified atom stereocenters. The van der Waals surface area contributed by atoms with Gasteiger partial charge in [0.15, 0.2) is 11.0 Å². The molecule has 0 bridgehead atoms. The predicted molar refractivity (Wildman–Crippen MR) is 135 cm³/mol. The SMILES string of the molecule is C=CCn1c(COc2ccc(Cl)c(C)c2)nnc1SCC(=O)Nc1sc(C)cc1C(=O)OCC. The average Bonchev–Trinajstić information content (AvgIpc) is 3.36. The molecule has 0 saturated carbocycles. The number of allylic oxidation sites excluding steroid dienone is 1. The topological polar surface area (TPSA) is 95.3 Å². The Morgan fingerprint density at radius 2 is 2.09 bits per heavy atom. The van der Waals surface area contributed by atoms with E-state index in [1.807, 2.05) is 24.5 Å². The minimum Gasteiger partial charge on any atom is -0.486 e. The maximum Gasteiger partial charge on any atom is 0.341 e. The molecule has 3 aromatic rings. The zero-order chi connectivity index (χ0) is 24.7. The Hall–Kier alpha value is -2.82. The summed E-state index contributed by atoms with van der Waals surface area (Å²) in [6.45, 7) is 10.2. The van der Waals surface area contributed by atoms with Crippen LogP contribution in [0.5, 0.6) is 5.75 Å². The number of nitrogens with zero attached hydrogens (tertiary/aromatic N) is 3. The lowest BCUT2D eigenvalue weighted by molar-refractivity contribution is -0.113. The van der Waals surface area contributed by atoms with Crippen LogP contribution in [0.15, 0.2) is 42.1 Å². The molecule has 3 rings (SSSR count). The highest BCUT2D eigenvalue weighted by molar-refractivity contribution is 7.99. The Kier molecular flexibility index (Phi) is 9.14. The van der Waals surface area contributed by atoms with E-state index in [-0.39, 0.29) is 24.9 Å². The highest BCUT2D eigenvalue weighted by atomic mass is 35.5. The van der Waals surface area contributed by atoms with Gasteiger partial charge in [-0.05, 0) is 50.6 Å². The van der Waals surface area contributed by atoms with Gasteiger partial charge in [-0.15, -0.1) is 28.1 Å². The third-order valence-electron chi connectivity index (χ3n) is 4.54.